The minimum absolute atomic E-state index is 0.170. The van der Waals surface area contributed by atoms with E-state index in [0.29, 0.717) is 0 Å². The molecule has 1 aliphatic rings. The predicted molar refractivity (Wildman–Crippen MR) is 71.6 cm³/mol. The SMILES string of the molecule is CC=Cc1ccc(C#N)c(F)c1C1CCCCC1. The lowest BCUT2D eigenvalue weighted by molar-refractivity contribution is 0.429. The zero-order valence-corrected chi connectivity index (χ0v) is 10.7. The van der Waals surface area contributed by atoms with E-state index < -0.39 is 0 Å². The Kier molecular flexibility index (Phi) is 4.15. The molecule has 0 atom stereocenters. The van der Waals surface area contributed by atoms with Crippen LogP contribution in [0.1, 0.15) is 61.6 Å². The van der Waals surface area contributed by atoms with Gasteiger partial charge in [-0.1, -0.05) is 37.5 Å². The van der Waals surface area contributed by atoms with Crippen molar-refractivity contribution in [3.05, 3.63) is 40.7 Å². The molecule has 2 rings (SSSR count). The highest BCUT2D eigenvalue weighted by Crippen LogP contribution is 2.37. The number of halogens is 1. The largest absolute Gasteiger partial charge is 0.205 e. The van der Waals surface area contributed by atoms with E-state index in [0.717, 1.165) is 36.8 Å². The van der Waals surface area contributed by atoms with Crippen LogP contribution in [-0.2, 0) is 0 Å². The van der Waals surface area contributed by atoms with Crippen molar-refractivity contribution in [2.45, 2.75) is 44.9 Å². The Labute approximate surface area is 108 Å². The highest BCUT2D eigenvalue weighted by molar-refractivity contribution is 5.57. The van der Waals surface area contributed by atoms with Gasteiger partial charge in [0.05, 0.1) is 5.56 Å². The third-order valence-corrected chi connectivity index (χ3v) is 3.69. The summed E-state index contributed by atoms with van der Waals surface area (Å²) < 4.78 is 14.4. The van der Waals surface area contributed by atoms with Gasteiger partial charge < -0.3 is 0 Å². The van der Waals surface area contributed by atoms with Gasteiger partial charge in [0.2, 0.25) is 0 Å². The second-order valence-electron chi connectivity index (χ2n) is 4.88. The van der Waals surface area contributed by atoms with Crippen LogP contribution in [0.4, 0.5) is 4.39 Å². The maximum atomic E-state index is 14.4. The topological polar surface area (TPSA) is 23.8 Å². The molecule has 1 aromatic carbocycles. The number of nitriles is 1. The van der Waals surface area contributed by atoms with Crippen molar-refractivity contribution in [3.8, 4) is 6.07 Å². The first kappa shape index (κ1) is 12.8. The third-order valence-electron chi connectivity index (χ3n) is 3.69. The molecule has 1 fully saturated rings. The van der Waals surface area contributed by atoms with Crippen molar-refractivity contribution in [2.24, 2.45) is 0 Å². The summed E-state index contributed by atoms with van der Waals surface area (Å²) in [5.74, 6) is -0.0294. The summed E-state index contributed by atoms with van der Waals surface area (Å²) in [6, 6.07) is 5.39. The molecule has 0 amide bonds. The molecule has 0 bridgehead atoms. The standard InChI is InChI=1S/C16H18FN/c1-2-6-12-9-10-14(11-18)16(17)15(12)13-7-4-3-5-8-13/h2,6,9-10,13H,3-5,7-8H2,1H3. The molecule has 0 aliphatic heterocycles. The van der Waals surface area contributed by atoms with E-state index in [4.69, 9.17) is 5.26 Å². The van der Waals surface area contributed by atoms with Crippen LogP contribution in [0, 0.1) is 17.1 Å². The highest BCUT2D eigenvalue weighted by Gasteiger charge is 2.22. The van der Waals surface area contributed by atoms with Crippen LogP contribution < -0.4 is 0 Å². The number of rotatable bonds is 2. The molecule has 0 unspecified atom stereocenters. The van der Waals surface area contributed by atoms with E-state index in [2.05, 4.69) is 0 Å². The fourth-order valence-corrected chi connectivity index (χ4v) is 2.83. The lowest BCUT2D eigenvalue weighted by Gasteiger charge is -2.24. The summed E-state index contributed by atoms with van der Waals surface area (Å²) in [5.41, 5.74) is 1.86. The summed E-state index contributed by atoms with van der Waals surface area (Å²) >= 11 is 0. The van der Waals surface area contributed by atoms with Gasteiger partial charge in [0.25, 0.3) is 0 Å². The average molecular weight is 243 g/mol. The summed E-state index contributed by atoms with van der Waals surface area (Å²) in [4.78, 5) is 0. The van der Waals surface area contributed by atoms with E-state index >= 15 is 0 Å². The molecule has 18 heavy (non-hydrogen) atoms. The van der Waals surface area contributed by atoms with Gasteiger partial charge in [-0.3, -0.25) is 0 Å². The molecule has 1 aliphatic carbocycles. The fourth-order valence-electron chi connectivity index (χ4n) is 2.83. The van der Waals surface area contributed by atoms with Gasteiger partial charge in [-0.05, 0) is 42.9 Å². The first-order chi connectivity index (χ1) is 8.77. The van der Waals surface area contributed by atoms with Crippen LogP contribution in [0.25, 0.3) is 6.08 Å². The van der Waals surface area contributed by atoms with Gasteiger partial charge in [0.15, 0.2) is 0 Å². The van der Waals surface area contributed by atoms with Crippen molar-refractivity contribution in [2.75, 3.05) is 0 Å². The molecule has 1 nitrogen and oxygen atoms in total. The van der Waals surface area contributed by atoms with Gasteiger partial charge in [0.1, 0.15) is 11.9 Å². The molecule has 1 saturated carbocycles. The number of nitrogens with zero attached hydrogens (tertiary/aromatic N) is 1. The minimum atomic E-state index is -0.306. The normalized spacial score (nSPS) is 16.9. The Morgan fingerprint density at radius 3 is 2.61 bits per heavy atom. The monoisotopic (exact) mass is 243 g/mol. The van der Waals surface area contributed by atoms with Crippen LogP contribution in [-0.4, -0.2) is 0 Å². The quantitative estimate of drug-likeness (QED) is 0.733. The van der Waals surface area contributed by atoms with Crippen molar-refractivity contribution in [1.29, 1.82) is 5.26 Å². The summed E-state index contributed by atoms with van der Waals surface area (Å²) in [6.45, 7) is 1.93. The van der Waals surface area contributed by atoms with Gasteiger partial charge in [-0.2, -0.15) is 5.26 Å². The number of hydrogen-bond acceptors (Lipinski definition) is 1. The van der Waals surface area contributed by atoms with Gasteiger partial charge in [-0.15, -0.1) is 0 Å². The van der Waals surface area contributed by atoms with E-state index in [1.807, 2.05) is 31.2 Å². The van der Waals surface area contributed by atoms with Crippen LogP contribution in [0.5, 0.6) is 0 Å². The Morgan fingerprint density at radius 1 is 1.28 bits per heavy atom. The molecule has 1 aromatic rings. The molecule has 94 valence electrons. The number of allylic oxidation sites excluding steroid dienone is 1. The van der Waals surface area contributed by atoms with Gasteiger partial charge in [0, 0.05) is 0 Å². The summed E-state index contributed by atoms with van der Waals surface area (Å²) in [6.07, 6.45) is 9.51. The van der Waals surface area contributed by atoms with E-state index in [1.54, 1.807) is 6.07 Å². The molecular weight excluding hydrogens is 225 g/mol. The molecule has 0 radical (unpaired) electrons. The second kappa shape index (κ2) is 5.82. The smallest absolute Gasteiger partial charge is 0.145 e. The molecule has 0 N–H and O–H groups in total. The first-order valence-corrected chi connectivity index (χ1v) is 6.63. The van der Waals surface area contributed by atoms with E-state index in [-0.39, 0.29) is 17.3 Å². The lowest BCUT2D eigenvalue weighted by Crippen LogP contribution is -2.09. The van der Waals surface area contributed by atoms with E-state index in [1.165, 1.54) is 6.42 Å². The molecule has 0 spiro atoms. The predicted octanol–water partition coefficient (Wildman–Crippen LogP) is 4.78. The summed E-state index contributed by atoms with van der Waals surface area (Å²) in [5, 5.41) is 8.95. The second-order valence-corrected chi connectivity index (χ2v) is 4.88. The van der Waals surface area contributed by atoms with Crippen LogP contribution in [0.15, 0.2) is 18.2 Å². The lowest BCUT2D eigenvalue weighted by atomic mass is 9.81. The Balaban J connectivity index is 2.49. The van der Waals surface area contributed by atoms with Crippen molar-refractivity contribution in [3.63, 3.8) is 0 Å². The average Bonchev–Trinajstić information content (AvgIpc) is 2.40. The third kappa shape index (κ3) is 2.46. The van der Waals surface area contributed by atoms with Crippen LogP contribution in [0.2, 0.25) is 0 Å². The summed E-state index contributed by atoms with van der Waals surface area (Å²) in [7, 11) is 0. The molecular formula is C16H18FN. The van der Waals surface area contributed by atoms with Crippen molar-refractivity contribution in [1.82, 2.24) is 0 Å². The first-order valence-electron chi connectivity index (χ1n) is 6.63. The Morgan fingerprint density at radius 2 is 2.00 bits per heavy atom. The van der Waals surface area contributed by atoms with Crippen LogP contribution >= 0.6 is 0 Å². The number of benzene rings is 1. The number of hydrogen-bond donors (Lipinski definition) is 0. The van der Waals surface area contributed by atoms with Crippen molar-refractivity contribution >= 4 is 6.08 Å². The van der Waals surface area contributed by atoms with Crippen molar-refractivity contribution < 1.29 is 4.39 Å². The zero-order valence-electron chi connectivity index (χ0n) is 10.7. The fraction of sp³-hybridized carbons (Fsp3) is 0.438. The Hall–Kier alpha value is -1.62. The van der Waals surface area contributed by atoms with Gasteiger partial charge >= 0.3 is 0 Å². The Bertz CT molecular complexity index is 491. The minimum Gasteiger partial charge on any atom is -0.205 e. The molecule has 2 heteroatoms. The zero-order chi connectivity index (χ0) is 13.0. The highest BCUT2D eigenvalue weighted by atomic mass is 19.1. The molecule has 0 saturated heterocycles. The maximum absolute atomic E-state index is 14.4. The van der Waals surface area contributed by atoms with E-state index in [9.17, 15) is 4.39 Å². The maximum Gasteiger partial charge on any atom is 0.145 e. The van der Waals surface area contributed by atoms with Crippen LogP contribution in [0.3, 0.4) is 0 Å². The van der Waals surface area contributed by atoms with Gasteiger partial charge in [-0.25, -0.2) is 4.39 Å². The molecule has 0 heterocycles. The molecule has 0 aromatic heterocycles.